The predicted octanol–water partition coefficient (Wildman–Crippen LogP) is 0.674. The van der Waals surface area contributed by atoms with E-state index in [1.807, 2.05) is 6.07 Å². The number of rotatable bonds is 4. The number of aromatic amines is 1. The number of aryl methyl sites for hydroxylation is 1. The van der Waals surface area contributed by atoms with E-state index in [1.54, 1.807) is 6.07 Å². The number of pyridine rings is 1. The molecule has 5 nitrogen and oxygen atoms in total. The largest absolute Gasteiger partial charge is 0.379 e. The number of aromatic nitrogens is 1. The third-order valence-corrected chi connectivity index (χ3v) is 4.25. The molecule has 1 saturated heterocycles. The van der Waals surface area contributed by atoms with Crippen molar-refractivity contribution in [1.29, 1.82) is 0 Å². The third-order valence-electron chi connectivity index (χ3n) is 4.25. The molecule has 0 radical (unpaired) electrons. The molecule has 0 saturated carbocycles. The SMILES string of the molecule is O=c1ccc2c([nH]1)CCCC2NCCN1CCOCC1. The van der Waals surface area contributed by atoms with Gasteiger partial charge in [-0.3, -0.25) is 9.69 Å². The van der Waals surface area contributed by atoms with Crippen LogP contribution in [-0.2, 0) is 11.2 Å². The maximum absolute atomic E-state index is 11.4. The van der Waals surface area contributed by atoms with Crippen LogP contribution < -0.4 is 10.9 Å². The van der Waals surface area contributed by atoms with Crippen LogP contribution in [0.25, 0.3) is 0 Å². The fraction of sp³-hybridized carbons (Fsp3) is 0.667. The lowest BCUT2D eigenvalue weighted by atomic mass is 9.91. The number of morpholine rings is 1. The van der Waals surface area contributed by atoms with Gasteiger partial charge in [0.25, 0.3) is 0 Å². The van der Waals surface area contributed by atoms with Gasteiger partial charge in [-0.25, -0.2) is 0 Å². The Bertz CT molecular complexity index is 494. The molecule has 110 valence electrons. The molecular formula is C15H23N3O2. The highest BCUT2D eigenvalue weighted by atomic mass is 16.5. The maximum atomic E-state index is 11.4. The summed E-state index contributed by atoms with van der Waals surface area (Å²) in [5, 5.41) is 3.64. The van der Waals surface area contributed by atoms with Crippen molar-refractivity contribution in [2.45, 2.75) is 25.3 Å². The van der Waals surface area contributed by atoms with Gasteiger partial charge in [0.1, 0.15) is 0 Å². The molecule has 1 unspecified atom stereocenters. The summed E-state index contributed by atoms with van der Waals surface area (Å²) in [7, 11) is 0. The van der Waals surface area contributed by atoms with E-state index in [4.69, 9.17) is 4.74 Å². The minimum absolute atomic E-state index is 0.0118. The number of nitrogens with one attached hydrogen (secondary N) is 2. The minimum atomic E-state index is 0.0118. The number of hydrogen-bond acceptors (Lipinski definition) is 4. The van der Waals surface area contributed by atoms with E-state index in [9.17, 15) is 4.79 Å². The van der Waals surface area contributed by atoms with Crippen molar-refractivity contribution < 1.29 is 4.74 Å². The highest BCUT2D eigenvalue weighted by molar-refractivity contribution is 5.26. The lowest BCUT2D eigenvalue weighted by molar-refractivity contribution is 0.0380. The highest BCUT2D eigenvalue weighted by Gasteiger charge is 2.20. The van der Waals surface area contributed by atoms with Gasteiger partial charge in [0.15, 0.2) is 0 Å². The summed E-state index contributed by atoms with van der Waals surface area (Å²) in [6.07, 6.45) is 3.29. The zero-order valence-corrected chi connectivity index (χ0v) is 11.9. The van der Waals surface area contributed by atoms with Gasteiger partial charge >= 0.3 is 0 Å². The summed E-state index contributed by atoms with van der Waals surface area (Å²) in [6.45, 7) is 5.84. The van der Waals surface area contributed by atoms with E-state index in [1.165, 1.54) is 5.56 Å². The molecule has 2 N–H and O–H groups in total. The van der Waals surface area contributed by atoms with Crippen molar-refractivity contribution >= 4 is 0 Å². The molecule has 1 aliphatic heterocycles. The predicted molar refractivity (Wildman–Crippen MR) is 78.0 cm³/mol. The third kappa shape index (κ3) is 3.29. The van der Waals surface area contributed by atoms with Crippen molar-refractivity contribution in [3.05, 3.63) is 33.7 Å². The van der Waals surface area contributed by atoms with Crippen LogP contribution >= 0.6 is 0 Å². The smallest absolute Gasteiger partial charge is 0.248 e. The zero-order valence-electron chi connectivity index (χ0n) is 11.9. The minimum Gasteiger partial charge on any atom is -0.379 e. The van der Waals surface area contributed by atoms with E-state index in [-0.39, 0.29) is 5.56 Å². The van der Waals surface area contributed by atoms with Crippen molar-refractivity contribution in [2.75, 3.05) is 39.4 Å². The fourth-order valence-corrected chi connectivity index (χ4v) is 3.13. The van der Waals surface area contributed by atoms with Crippen molar-refractivity contribution in [1.82, 2.24) is 15.2 Å². The van der Waals surface area contributed by atoms with E-state index in [0.717, 1.165) is 64.3 Å². The first-order valence-electron chi connectivity index (χ1n) is 7.58. The monoisotopic (exact) mass is 277 g/mol. The van der Waals surface area contributed by atoms with Crippen LogP contribution in [0.4, 0.5) is 0 Å². The summed E-state index contributed by atoms with van der Waals surface area (Å²) in [4.78, 5) is 16.8. The van der Waals surface area contributed by atoms with Crippen molar-refractivity contribution in [2.24, 2.45) is 0 Å². The first-order chi connectivity index (χ1) is 9.83. The van der Waals surface area contributed by atoms with Crippen LogP contribution in [0.1, 0.15) is 30.1 Å². The second-order valence-corrected chi connectivity index (χ2v) is 5.61. The van der Waals surface area contributed by atoms with E-state index in [0.29, 0.717) is 6.04 Å². The Balaban J connectivity index is 1.55. The van der Waals surface area contributed by atoms with Gasteiger partial charge in [0, 0.05) is 44.0 Å². The Labute approximate surface area is 119 Å². The van der Waals surface area contributed by atoms with Gasteiger partial charge in [-0.2, -0.15) is 0 Å². The zero-order chi connectivity index (χ0) is 13.8. The van der Waals surface area contributed by atoms with E-state index >= 15 is 0 Å². The highest BCUT2D eigenvalue weighted by Crippen LogP contribution is 2.27. The summed E-state index contributed by atoms with van der Waals surface area (Å²) in [6, 6.07) is 4.01. The van der Waals surface area contributed by atoms with Gasteiger partial charge in [-0.1, -0.05) is 6.07 Å². The number of hydrogen-bond donors (Lipinski definition) is 2. The Morgan fingerprint density at radius 3 is 3.05 bits per heavy atom. The number of fused-ring (bicyclic) bond motifs is 1. The second kappa shape index (κ2) is 6.52. The average Bonchev–Trinajstić information content (AvgIpc) is 2.48. The van der Waals surface area contributed by atoms with Gasteiger partial charge in [0.05, 0.1) is 13.2 Å². The summed E-state index contributed by atoms with van der Waals surface area (Å²) >= 11 is 0. The molecule has 0 spiro atoms. The molecule has 0 aromatic carbocycles. The van der Waals surface area contributed by atoms with Gasteiger partial charge < -0.3 is 15.0 Å². The van der Waals surface area contributed by atoms with Crippen LogP contribution in [0.5, 0.6) is 0 Å². The quantitative estimate of drug-likeness (QED) is 0.849. The molecule has 1 atom stereocenters. The molecule has 1 fully saturated rings. The van der Waals surface area contributed by atoms with Crippen molar-refractivity contribution in [3.63, 3.8) is 0 Å². The molecule has 20 heavy (non-hydrogen) atoms. The molecule has 5 heteroatoms. The standard InChI is InChI=1S/C15H23N3O2/c19-15-5-4-12-13(2-1-3-14(12)17-15)16-6-7-18-8-10-20-11-9-18/h4-5,13,16H,1-3,6-11H2,(H,17,19). The Hall–Kier alpha value is -1.17. The summed E-state index contributed by atoms with van der Waals surface area (Å²) < 4.78 is 5.36. The van der Waals surface area contributed by atoms with Crippen LogP contribution in [-0.4, -0.2) is 49.3 Å². The first kappa shape index (κ1) is 13.8. The Morgan fingerprint density at radius 2 is 2.20 bits per heavy atom. The molecule has 2 heterocycles. The molecule has 0 amide bonds. The summed E-state index contributed by atoms with van der Waals surface area (Å²) in [5.74, 6) is 0. The van der Waals surface area contributed by atoms with Crippen molar-refractivity contribution in [3.8, 4) is 0 Å². The van der Waals surface area contributed by atoms with Crippen LogP contribution in [0.15, 0.2) is 16.9 Å². The Kier molecular flexibility index (Phi) is 4.50. The molecule has 0 bridgehead atoms. The van der Waals surface area contributed by atoms with E-state index < -0.39 is 0 Å². The van der Waals surface area contributed by atoms with Gasteiger partial charge in [0.2, 0.25) is 5.56 Å². The molecule has 1 aromatic heterocycles. The van der Waals surface area contributed by atoms with Crippen LogP contribution in [0, 0.1) is 0 Å². The first-order valence-corrected chi connectivity index (χ1v) is 7.58. The normalized spacial score (nSPS) is 23.5. The van der Waals surface area contributed by atoms with Crippen LogP contribution in [0.2, 0.25) is 0 Å². The number of ether oxygens (including phenoxy) is 1. The molecule has 3 rings (SSSR count). The molecular weight excluding hydrogens is 254 g/mol. The van der Waals surface area contributed by atoms with Gasteiger partial charge in [-0.15, -0.1) is 0 Å². The fourth-order valence-electron chi connectivity index (χ4n) is 3.13. The average molecular weight is 277 g/mol. The van der Waals surface area contributed by atoms with E-state index in [2.05, 4.69) is 15.2 Å². The van der Waals surface area contributed by atoms with Gasteiger partial charge in [-0.05, 0) is 24.8 Å². The lowest BCUT2D eigenvalue weighted by Gasteiger charge is -2.29. The lowest BCUT2D eigenvalue weighted by Crippen LogP contribution is -2.41. The topological polar surface area (TPSA) is 57.4 Å². The molecule has 1 aliphatic carbocycles. The second-order valence-electron chi connectivity index (χ2n) is 5.61. The Morgan fingerprint density at radius 1 is 1.35 bits per heavy atom. The van der Waals surface area contributed by atoms with Crippen LogP contribution in [0.3, 0.4) is 0 Å². The molecule has 2 aliphatic rings. The number of nitrogens with zero attached hydrogens (tertiary/aromatic N) is 1. The maximum Gasteiger partial charge on any atom is 0.248 e. The molecule has 1 aromatic rings. The number of H-pyrrole nitrogens is 1. The summed E-state index contributed by atoms with van der Waals surface area (Å²) in [5.41, 5.74) is 2.41.